The summed E-state index contributed by atoms with van der Waals surface area (Å²) in [4.78, 5) is 33.9. The molecule has 0 aromatic heterocycles. The maximum atomic E-state index is 13.6. The van der Waals surface area contributed by atoms with Gasteiger partial charge in [0, 0.05) is 11.8 Å². The Kier molecular flexibility index (Phi) is 8.58. The molecule has 6 nitrogen and oxygen atoms in total. The van der Waals surface area contributed by atoms with Crippen molar-refractivity contribution in [1.29, 1.82) is 0 Å². The Balaban J connectivity index is 0.00000320. The van der Waals surface area contributed by atoms with E-state index >= 15 is 0 Å². The van der Waals surface area contributed by atoms with E-state index in [1.807, 2.05) is 67.5 Å². The predicted molar refractivity (Wildman–Crippen MR) is 120 cm³/mol. The monoisotopic (exact) mass is 450 g/mol. The lowest BCUT2D eigenvalue weighted by Crippen LogP contribution is -2.38. The maximum absolute atomic E-state index is 13.6. The van der Waals surface area contributed by atoms with Crippen molar-refractivity contribution in [2.24, 2.45) is 0 Å². The fourth-order valence-electron chi connectivity index (χ4n) is 3.32. The van der Waals surface area contributed by atoms with Gasteiger partial charge in [-0.25, -0.2) is 0 Å². The van der Waals surface area contributed by atoms with Crippen LogP contribution in [0.1, 0.15) is 35.8 Å². The van der Waals surface area contributed by atoms with E-state index in [0.717, 1.165) is 28.3 Å². The highest BCUT2D eigenvalue weighted by atomic mass is 35.5. The summed E-state index contributed by atoms with van der Waals surface area (Å²) in [5.74, 6) is -0.388. The van der Waals surface area contributed by atoms with Gasteiger partial charge in [0.05, 0.1) is 13.0 Å². The van der Waals surface area contributed by atoms with Crippen LogP contribution in [0.4, 0.5) is 0 Å². The quantitative estimate of drug-likeness (QED) is 0.655. The van der Waals surface area contributed by atoms with Crippen molar-refractivity contribution in [2.45, 2.75) is 29.5 Å². The number of carbonyl (C=O) groups excluding carboxylic acids is 2. The largest absolute Gasteiger partial charge is 0.497 e. The number of halogens is 1. The third-order valence-corrected chi connectivity index (χ3v) is 6.07. The molecule has 0 fully saturated rings. The zero-order valence-corrected chi connectivity index (χ0v) is 19.2. The van der Waals surface area contributed by atoms with Gasteiger partial charge in [-0.05, 0) is 56.4 Å². The first-order valence-electron chi connectivity index (χ1n) is 9.46. The van der Waals surface area contributed by atoms with Crippen molar-refractivity contribution in [3.05, 3.63) is 59.7 Å². The Labute approximate surface area is 187 Å². The summed E-state index contributed by atoms with van der Waals surface area (Å²) < 4.78 is 5.24. The SMILES string of the molecule is COc1ccc(C2Sc3ccccc3C(CCN(C)C)C(=O)N2OC(C)=O)cc1.Cl. The zero-order chi connectivity index (χ0) is 21.0. The number of methoxy groups -OCH3 is 1. The van der Waals surface area contributed by atoms with Gasteiger partial charge >= 0.3 is 5.97 Å². The van der Waals surface area contributed by atoms with Crippen molar-refractivity contribution in [3.63, 3.8) is 0 Å². The van der Waals surface area contributed by atoms with Crippen LogP contribution in [0.3, 0.4) is 0 Å². The van der Waals surface area contributed by atoms with Gasteiger partial charge in [-0.15, -0.1) is 12.4 Å². The van der Waals surface area contributed by atoms with Crippen molar-refractivity contribution in [2.75, 3.05) is 27.7 Å². The molecule has 162 valence electrons. The number of nitrogens with zero attached hydrogens (tertiary/aromatic N) is 2. The number of hydrogen-bond donors (Lipinski definition) is 0. The van der Waals surface area contributed by atoms with Gasteiger partial charge in [0.25, 0.3) is 5.91 Å². The highest BCUT2D eigenvalue weighted by Crippen LogP contribution is 2.46. The molecule has 2 unspecified atom stereocenters. The van der Waals surface area contributed by atoms with Crippen LogP contribution in [-0.2, 0) is 14.4 Å². The molecule has 2 atom stereocenters. The minimum absolute atomic E-state index is 0. The van der Waals surface area contributed by atoms with Crippen molar-refractivity contribution in [1.82, 2.24) is 9.96 Å². The molecule has 0 saturated heterocycles. The first-order chi connectivity index (χ1) is 13.9. The third-order valence-electron chi connectivity index (χ3n) is 4.75. The van der Waals surface area contributed by atoms with Gasteiger partial charge in [0.15, 0.2) is 0 Å². The second-order valence-corrected chi connectivity index (χ2v) is 8.29. The Bertz CT molecular complexity index is 876. The fourth-order valence-corrected chi connectivity index (χ4v) is 4.60. The Morgan fingerprint density at radius 2 is 1.80 bits per heavy atom. The van der Waals surface area contributed by atoms with Gasteiger partial charge < -0.3 is 14.5 Å². The molecule has 1 aliphatic rings. The van der Waals surface area contributed by atoms with E-state index < -0.39 is 11.3 Å². The summed E-state index contributed by atoms with van der Waals surface area (Å²) in [5.41, 5.74) is 1.82. The van der Waals surface area contributed by atoms with Crippen LogP contribution in [0.15, 0.2) is 53.4 Å². The van der Waals surface area contributed by atoms with Gasteiger partial charge in [0.1, 0.15) is 11.1 Å². The molecule has 2 aromatic rings. The van der Waals surface area contributed by atoms with Crippen molar-refractivity contribution < 1.29 is 19.2 Å². The van der Waals surface area contributed by atoms with Crippen LogP contribution in [0.25, 0.3) is 0 Å². The van der Waals surface area contributed by atoms with Crippen LogP contribution in [0.5, 0.6) is 5.75 Å². The van der Waals surface area contributed by atoms with Crippen LogP contribution in [0.2, 0.25) is 0 Å². The van der Waals surface area contributed by atoms with E-state index in [9.17, 15) is 9.59 Å². The lowest BCUT2D eigenvalue weighted by Gasteiger charge is -2.29. The first kappa shape index (κ1) is 24.1. The number of amides is 1. The number of benzene rings is 2. The topological polar surface area (TPSA) is 59.1 Å². The van der Waals surface area contributed by atoms with E-state index in [0.29, 0.717) is 6.42 Å². The van der Waals surface area contributed by atoms with Crippen molar-refractivity contribution in [3.8, 4) is 5.75 Å². The van der Waals surface area contributed by atoms with E-state index in [1.54, 1.807) is 7.11 Å². The number of rotatable bonds is 6. The minimum atomic E-state index is -0.519. The van der Waals surface area contributed by atoms with E-state index in [-0.39, 0.29) is 24.2 Å². The van der Waals surface area contributed by atoms with E-state index in [2.05, 4.69) is 0 Å². The maximum Gasteiger partial charge on any atom is 0.329 e. The second kappa shape index (κ2) is 10.7. The number of hydroxylamine groups is 2. The van der Waals surface area contributed by atoms with Gasteiger partial charge in [-0.1, -0.05) is 42.1 Å². The minimum Gasteiger partial charge on any atom is -0.497 e. The lowest BCUT2D eigenvalue weighted by atomic mass is 9.94. The Morgan fingerprint density at radius 3 is 2.40 bits per heavy atom. The van der Waals surface area contributed by atoms with Gasteiger partial charge in [0.2, 0.25) is 0 Å². The highest BCUT2D eigenvalue weighted by molar-refractivity contribution is 7.99. The highest BCUT2D eigenvalue weighted by Gasteiger charge is 2.39. The van der Waals surface area contributed by atoms with Crippen LogP contribution >= 0.6 is 24.2 Å². The third kappa shape index (κ3) is 5.47. The summed E-state index contributed by atoms with van der Waals surface area (Å²) in [6.45, 7) is 2.06. The Morgan fingerprint density at radius 1 is 1.13 bits per heavy atom. The molecule has 1 aliphatic heterocycles. The molecule has 2 aromatic carbocycles. The number of fused-ring (bicyclic) bond motifs is 1. The van der Waals surface area contributed by atoms with Crippen LogP contribution < -0.4 is 4.74 Å². The molecule has 0 saturated carbocycles. The Hall–Kier alpha value is -2.22. The number of ether oxygens (including phenoxy) is 1. The van der Waals surface area contributed by atoms with Crippen LogP contribution in [-0.4, -0.2) is 49.6 Å². The molecule has 8 heteroatoms. The van der Waals surface area contributed by atoms with E-state index in [1.165, 1.54) is 23.7 Å². The molecule has 1 heterocycles. The molecule has 30 heavy (non-hydrogen) atoms. The summed E-state index contributed by atoms with van der Waals surface area (Å²) in [5, 5.41) is 0.762. The molecule has 0 radical (unpaired) electrons. The molecule has 0 aliphatic carbocycles. The van der Waals surface area contributed by atoms with Gasteiger partial charge in [-0.3, -0.25) is 9.59 Å². The smallest absolute Gasteiger partial charge is 0.329 e. The molecule has 3 rings (SSSR count). The first-order valence-corrected chi connectivity index (χ1v) is 10.3. The normalized spacial score (nSPS) is 18.3. The standard InChI is InChI=1S/C22H26N2O4S.ClH/c1-15(25)28-24-21(26)19(13-14-23(2)3)18-7-5-6-8-20(18)29-22(24)16-9-11-17(27-4)12-10-16;/h5-12,19,22H,13-14H2,1-4H3;1H. The predicted octanol–water partition coefficient (Wildman–Crippen LogP) is 4.26. The molecule has 0 bridgehead atoms. The molecular formula is C22H27ClN2O4S. The molecule has 0 spiro atoms. The van der Waals surface area contributed by atoms with Crippen LogP contribution in [0, 0.1) is 0 Å². The average Bonchev–Trinajstić information content (AvgIpc) is 2.81. The van der Waals surface area contributed by atoms with E-state index in [4.69, 9.17) is 9.57 Å². The van der Waals surface area contributed by atoms with Gasteiger partial charge in [-0.2, -0.15) is 5.06 Å². The second-order valence-electron chi connectivity index (χ2n) is 7.17. The molecule has 0 N–H and O–H groups in total. The summed E-state index contributed by atoms with van der Waals surface area (Å²) in [6.07, 6.45) is 0.635. The summed E-state index contributed by atoms with van der Waals surface area (Å²) in [6, 6.07) is 15.4. The summed E-state index contributed by atoms with van der Waals surface area (Å²) >= 11 is 1.51. The summed E-state index contributed by atoms with van der Waals surface area (Å²) in [7, 11) is 5.56. The number of hydrogen-bond acceptors (Lipinski definition) is 6. The number of thioether (sulfide) groups is 1. The molecule has 1 amide bonds. The lowest BCUT2D eigenvalue weighted by molar-refractivity contribution is -0.200. The molecular weight excluding hydrogens is 424 g/mol. The number of carbonyl (C=O) groups is 2. The zero-order valence-electron chi connectivity index (χ0n) is 17.5. The fraction of sp³-hybridized carbons (Fsp3) is 0.364. The van der Waals surface area contributed by atoms with Crippen molar-refractivity contribution >= 4 is 36.0 Å². The average molecular weight is 451 g/mol.